The van der Waals surface area contributed by atoms with Crippen LogP contribution in [0.15, 0.2) is 12.2 Å². The minimum Gasteiger partial charge on any atom is -0.481 e. The second kappa shape index (κ2) is 7.07. The van der Waals surface area contributed by atoms with Crippen LogP contribution in [0, 0.1) is 11.8 Å². The number of piperazine rings is 1. The lowest BCUT2D eigenvalue weighted by Crippen LogP contribution is -2.53. The summed E-state index contributed by atoms with van der Waals surface area (Å²) in [6.07, 6.45) is 5.96. The number of carboxylic acid groups (broad SMARTS) is 1. The van der Waals surface area contributed by atoms with Crippen LogP contribution in [0.5, 0.6) is 0 Å². The van der Waals surface area contributed by atoms with E-state index in [0.717, 1.165) is 32.6 Å². The molecule has 1 fully saturated rings. The van der Waals surface area contributed by atoms with Crippen LogP contribution in [-0.4, -0.2) is 59.0 Å². The third-order valence-electron chi connectivity index (χ3n) is 4.91. The second-order valence-electron chi connectivity index (χ2n) is 6.11. The Hall–Kier alpha value is -1.36. The number of rotatable bonds is 4. The minimum absolute atomic E-state index is 0.0237. The molecule has 2 aliphatic rings. The fourth-order valence-electron chi connectivity index (χ4n) is 3.24. The van der Waals surface area contributed by atoms with Crippen LogP contribution in [0.3, 0.4) is 0 Å². The molecule has 1 N–H and O–H groups in total. The third-order valence-corrected chi connectivity index (χ3v) is 4.91. The Balaban J connectivity index is 1.95. The molecule has 5 nitrogen and oxygen atoms in total. The monoisotopic (exact) mass is 294 g/mol. The number of amides is 1. The largest absolute Gasteiger partial charge is 0.481 e. The molecule has 1 aliphatic carbocycles. The van der Waals surface area contributed by atoms with Crippen molar-refractivity contribution < 1.29 is 14.7 Å². The number of nitrogens with zero attached hydrogens (tertiary/aromatic N) is 2. The van der Waals surface area contributed by atoms with Crippen molar-refractivity contribution in [3.63, 3.8) is 0 Å². The van der Waals surface area contributed by atoms with Crippen molar-refractivity contribution in [1.82, 2.24) is 9.80 Å². The molecule has 3 atom stereocenters. The molecule has 0 saturated carbocycles. The molecule has 0 aromatic heterocycles. The molecule has 1 amide bonds. The maximum absolute atomic E-state index is 12.6. The maximum atomic E-state index is 12.6. The summed E-state index contributed by atoms with van der Waals surface area (Å²) in [6, 6.07) is 0.548. The summed E-state index contributed by atoms with van der Waals surface area (Å²) >= 11 is 0. The molecule has 1 heterocycles. The molecule has 0 radical (unpaired) electrons. The lowest BCUT2D eigenvalue weighted by atomic mass is 9.82. The Morgan fingerprint density at radius 1 is 1.14 bits per heavy atom. The molecule has 5 heteroatoms. The summed E-state index contributed by atoms with van der Waals surface area (Å²) in [4.78, 5) is 28.2. The van der Waals surface area contributed by atoms with Crippen LogP contribution in [0.25, 0.3) is 0 Å². The number of carbonyl (C=O) groups excluding carboxylic acids is 1. The first-order chi connectivity index (χ1) is 10.0. The number of carbonyl (C=O) groups is 2. The maximum Gasteiger partial charge on any atom is 0.307 e. The Kier molecular flexibility index (Phi) is 5.39. The Labute approximate surface area is 126 Å². The van der Waals surface area contributed by atoms with Gasteiger partial charge in [-0.15, -0.1) is 0 Å². The van der Waals surface area contributed by atoms with Crippen LogP contribution >= 0.6 is 0 Å². The summed E-state index contributed by atoms with van der Waals surface area (Å²) in [5, 5.41) is 9.29. The van der Waals surface area contributed by atoms with Crippen LogP contribution < -0.4 is 0 Å². The van der Waals surface area contributed by atoms with Crippen molar-refractivity contribution in [1.29, 1.82) is 0 Å². The van der Waals surface area contributed by atoms with Crippen molar-refractivity contribution in [2.24, 2.45) is 11.8 Å². The van der Waals surface area contributed by atoms with Crippen LogP contribution in [-0.2, 0) is 9.59 Å². The van der Waals surface area contributed by atoms with Gasteiger partial charge < -0.3 is 10.0 Å². The van der Waals surface area contributed by atoms with Crippen LogP contribution in [0.4, 0.5) is 0 Å². The zero-order valence-electron chi connectivity index (χ0n) is 13.0. The zero-order valence-corrected chi connectivity index (χ0v) is 13.0. The number of aliphatic carboxylic acids is 1. The van der Waals surface area contributed by atoms with Crippen molar-refractivity contribution in [3.8, 4) is 0 Å². The van der Waals surface area contributed by atoms with Gasteiger partial charge in [-0.2, -0.15) is 0 Å². The van der Waals surface area contributed by atoms with E-state index in [4.69, 9.17) is 0 Å². The van der Waals surface area contributed by atoms with Gasteiger partial charge in [-0.05, 0) is 26.2 Å². The first-order valence-electron chi connectivity index (χ1n) is 7.95. The predicted octanol–water partition coefficient (Wildman–Crippen LogP) is 1.60. The molecular formula is C16H26N2O3. The van der Waals surface area contributed by atoms with Gasteiger partial charge in [0.15, 0.2) is 0 Å². The molecule has 118 valence electrons. The Morgan fingerprint density at radius 3 is 2.24 bits per heavy atom. The smallest absolute Gasteiger partial charge is 0.307 e. The fourth-order valence-corrected chi connectivity index (χ4v) is 3.24. The molecular weight excluding hydrogens is 268 g/mol. The van der Waals surface area contributed by atoms with Gasteiger partial charge in [0.25, 0.3) is 0 Å². The average Bonchev–Trinajstić information content (AvgIpc) is 2.53. The van der Waals surface area contributed by atoms with Crippen LogP contribution in [0.1, 0.15) is 33.1 Å². The van der Waals surface area contributed by atoms with E-state index in [-0.39, 0.29) is 11.8 Å². The van der Waals surface area contributed by atoms with Crippen molar-refractivity contribution in [3.05, 3.63) is 12.2 Å². The van der Waals surface area contributed by atoms with Gasteiger partial charge in [0.05, 0.1) is 11.8 Å². The summed E-state index contributed by atoms with van der Waals surface area (Å²) in [5.41, 5.74) is 0. The minimum atomic E-state index is -0.851. The van der Waals surface area contributed by atoms with Crippen molar-refractivity contribution in [2.45, 2.75) is 39.2 Å². The molecule has 0 bridgehead atoms. The number of hydrogen-bond acceptors (Lipinski definition) is 3. The number of carboxylic acids is 1. The van der Waals surface area contributed by atoms with E-state index in [1.54, 1.807) is 0 Å². The highest BCUT2D eigenvalue weighted by molar-refractivity contribution is 5.85. The summed E-state index contributed by atoms with van der Waals surface area (Å²) in [7, 11) is 0. The highest BCUT2D eigenvalue weighted by Gasteiger charge is 2.37. The van der Waals surface area contributed by atoms with Gasteiger partial charge in [0, 0.05) is 32.2 Å². The van der Waals surface area contributed by atoms with Gasteiger partial charge in [0.1, 0.15) is 0 Å². The molecule has 0 aromatic rings. The first-order valence-corrected chi connectivity index (χ1v) is 7.95. The summed E-state index contributed by atoms with van der Waals surface area (Å²) < 4.78 is 0. The van der Waals surface area contributed by atoms with E-state index in [9.17, 15) is 14.7 Å². The standard InChI is InChI=1S/C16H26N2O3/c1-3-12(2)17-8-10-18(11-9-17)15(19)13-6-4-5-7-14(13)16(20)21/h4-5,12-14H,3,6-11H2,1-2H3,(H,20,21)/t12?,13-,14+/m1/s1. The molecule has 2 rings (SSSR count). The van der Waals surface area contributed by atoms with E-state index in [1.807, 2.05) is 17.1 Å². The topological polar surface area (TPSA) is 60.9 Å². The normalized spacial score (nSPS) is 28.4. The number of allylic oxidation sites excluding steroid dienone is 2. The van der Waals surface area contributed by atoms with Gasteiger partial charge in [-0.25, -0.2) is 0 Å². The third kappa shape index (κ3) is 3.64. The summed E-state index contributed by atoms with van der Waals surface area (Å²) in [6.45, 7) is 7.60. The summed E-state index contributed by atoms with van der Waals surface area (Å²) in [5.74, 6) is -1.77. The van der Waals surface area contributed by atoms with Crippen molar-refractivity contribution >= 4 is 11.9 Å². The van der Waals surface area contributed by atoms with E-state index < -0.39 is 11.9 Å². The SMILES string of the molecule is CCC(C)N1CCN(C(=O)[C@@H]2CC=CC[C@@H]2C(=O)O)CC1. The van der Waals surface area contributed by atoms with Gasteiger partial charge >= 0.3 is 5.97 Å². The first kappa shape index (κ1) is 16.0. The lowest BCUT2D eigenvalue weighted by Gasteiger charge is -2.40. The van der Waals surface area contributed by atoms with E-state index >= 15 is 0 Å². The van der Waals surface area contributed by atoms with Gasteiger partial charge in [-0.3, -0.25) is 14.5 Å². The zero-order chi connectivity index (χ0) is 15.4. The Morgan fingerprint density at radius 2 is 1.71 bits per heavy atom. The van der Waals surface area contributed by atoms with E-state index in [2.05, 4.69) is 18.7 Å². The molecule has 1 saturated heterocycles. The van der Waals surface area contributed by atoms with Crippen molar-refractivity contribution in [2.75, 3.05) is 26.2 Å². The molecule has 1 unspecified atom stereocenters. The quantitative estimate of drug-likeness (QED) is 0.800. The van der Waals surface area contributed by atoms with Gasteiger partial charge in [0.2, 0.25) is 5.91 Å². The average molecular weight is 294 g/mol. The molecule has 21 heavy (non-hydrogen) atoms. The predicted molar refractivity (Wildman–Crippen MR) is 80.9 cm³/mol. The highest BCUT2D eigenvalue weighted by Crippen LogP contribution is 2.28. The van der Waals surface area contributed by atoms with E-state index in [0.29, 0.717) is 18.9 Å². The lowest BCUT2D eigenvalue weighted by molar-refractivity contribution is -0.151. The highest BCUT2D eigenvalue weighted by atomic mass is 16.4. The number of hydrogen-bond donors (Lipinski definition) is 1. The Bertz CT molecular complexity index is 414. The van der Waals surface area contributed by atoms with Crippen LogP contribution in [0.2, 0.25) is 0 Å². The van der Waals surface area contributed by atoms with E-state index in [1.165, 1.54) is 0 Å². The fraction of sp³-hybridized carbons (Fsp3) is 0.750. The molecule has 1 aliphatic heterocycles. The molecule has 0 spiro atoms. The second-order valence-corrected chi connectivity index (χ2v) is 6.11. The van der Waals surface area contributed by atoms with Gasteiger partial charge in [-0.1, -0.05) is 19.1 Å². The molecule has 0 aromatic carbocycles.